The Bertz CT molecular complexity index is 448. The van der Waals surface area contributed by atoms with Crippen LogP contribution in [0.4, 0.5) is 0 Å². The molecule has 0 heterocycles. The summed E-state index contributed by atoms with van der Waals surface area (Å²) >= 11 is 0. The molecule has 0 saturated heterocycles. The smallest absolute Gasteiger partial charge is 0.243 e. The average Bonchev–Trinajstić information content (AvgIpc) is 2.64. The molecular formula is C18H30N4O4. The van der Waals surface area contributed by atoms with E-state index < -0.39 is 0 Å². The number of nitrogens with one attached hydrogen (secondary N) is 4. The highest BCUT2D eigenvalue weighted by molar-refractivity contribution is 5.87. The molecular weight excluding hydrogens is 336 g/mol. The van der Waals surface area contributed by atoms with Crippen LogP contribution in [-0.4, -0.2) is 49.8 Å². The summed E-state index contributed by atoms with van der Waals surface area (Å²) in [7, 11) is 0. The van der Waals surface area contributed by atoms with Crippen LogP contribution in [-0.2, 0) is 19.2 Å². The van der Waals surface area contributed by atoms with E-state index in [-0.39, 0.29) is 23.6 Å². The number of carbonyl (C=O) groups excluding carboxylic acids is 4. The van der Waals surface area contributed by atoms with Crippen LogP contribution < -0.4 is 21.3 Å². The Hall–Kier alpha value is -2.64. The van der Waals surface area contributed by atoms with Crippen molar-refractivity contribution in [3.05, 3.63) is 25.3 Å². The molecule has 0 aliphatic heterocycles. The molecule has 0 saturated carbocycles. The first-order chi connectivity index (χ1) is 12.5. The second-order valence-electron chi connectivity index (χ2n) is 5.60. The third kappa shape index (κ3) is 14.9. The van der Waals surface area contributed by atoms with Gasteiger partial charge in [-0.25, -0.2) is 0 Å². The van der Waals surface area contributed by atoms with Crippen LogP contribution in [0, 0.1) is 0 Å². The molecule has 0 atom stereocenters. The summed E-state index contributed by atoms with van der Waals surface area (Å²) in [6, 6.07) is 0. The van der Waals surface area contributed by atoms with Crippen molar-refractivity contribution in [1.29, 1.82) is 0 Å². The minimum Gasteiger partial charge on any atom is -0.356 e. The van der Waals surface area contributed by atoms with Gasteiger partial charge in [0.1, 0.15) is 0 Å². The minimum atomic E-state index is -0.226. The molecule has 0 radical (unpaired) electrons. The lowest BCUT2D eigenvalue weighted by Gasteiger charge is -2.07. The zero-order valence-electron chi connectivity index (χ0n) is 15.3. The van der Waals surface area contributed by atoms with Crippen LogP contribution >= 0.6 is 0 Å². The molecule has 0 aromatic carbocycles. The van der Waals surface area contributed by atoms with E-state index in [1.165, 1.54) is 12.2 Å². The Morgan fingerprint density at radius 1 is 0.577 bits per heavy atom. The Morgan fingerprint density at radius 2 is 0.923 bits per heavy atom. The molecule has 0 aliphatic carbocycles. The molecule has 0 spiro atoms. The zero-order chi connectivity index (χ0) is 19.6. The van der Waals surface area contributed by atoms with Crippen LogP contribution in [0.2, 0.25) is 0 Å². The van der Waals surface area contributed by atoms with E-state index in [0.717, 1.165) is 0 Å². The standard InChI is InChI=1S/C18H30N4O4/c1-3-15(23)19-11-7-13-21-17(25)9-5-6-10-18(26)22-14-8-12-20-16(24)4-2/h3-4H,1-2,5-14H2,(H,19,23)(H,20,24)(H,21,25)(H,22,26). The van der Waals surface area contributed by atoms with E-state index >= 15 is 0 Å². The molecule has 0 fully saturated rings. The summed E-state index contributed by atoms with van der Waals surface area (Å²) in [6.45, 7) is 8.67. The number of hydrogen-bond acceptors (Lipinski definition) is 4. The fourth-order valence-corrected chi connectivity index (χ4v) is 1.95. The van der Waals surface area contributed by atoms with E-state index in [2.05, 4.69) is 34.4 Å². The molecule has 146 valence electrons. The Kier molecular flexibility index (Phi) is 14.3. The number of amides is 4. The second kappa shape index (κ2) is 15.9. The highest BCUT2D eigenvalue weighted by Gasteiger charge is 2.04. The monoisotopic (exact) mass is 366 g/mol. The summed E-state index contributed by atoms with van der Waals surface area (Å²) in [5.74, 6) is -0.566. The van der Waals surface area contributed by atoms with E-state index in [1.807, 2.05) is 0 Å². The van der Waals surface area contributed by atoms with Crippen LogP contribution in [0.5, 0.6) is 0 Å². The number of rotatable bonds is 15. The Balaban J connectivity index is 3.46. The summed E-state index contributed by atoms with van der Waals surface area (Å²) in [6.07, 6.45) is 5.75. The first-order valence-electron chi connectivity index (χ1n) is 8.83. The number of carbonyl (C=O) groups is 4. The van der Waals surface area contributed by atoms with Gasteiger partial charge in [0.05, 0.1) is 0 Å². The third-order valence-electron chi connectivity index (χ3n) is 3.38. The molecule has 26 heavy (non-hydrogen) atoms. The maximum absolute atomic E-state index is 11.6. The van der Waals surface area contributed by atoms with Gasteiger partial charge in [0.2, 0.25) is 23.6 Å². The topological polar surface area (TPSA) is 116 Å². The number of hydrogen-bond donors (Lipinski definition) is 4. The maximum atomic E-state index is 11.6. The summed E-state index contributed by atoms with van der Waals surface area (Å²) in [4.78, 5) is 45.0. The molecule has 4 amide bonds. The maximum Gasteiger partial charge on any atom is 0.243 e. The third-order valence-corrected chi connectivity index (χ3v) is 3.38. The second-order valence-corrected chi connectivity index (χ2v) is 5.60. The van der Waals surface area contributed by atoms with Crippen molar-refractivity contribution in [2.45, 2.75) is 38.5 Å². The number of unbranched alkanes of at least 4 members (excludes halogenated alkanes) is 1. The first kappa shape index (κ1) is 23.4. The van der Waals surface area contributed by atoms with Gasteiger partial charge in [-0.15, -0.1) is 0 Å². The lowest BCUT2D eigenvalue weighted by Crippen LogP contribution is -2.29. The van der Waals surface area contributed by atoms with Crippen molar-refractivity contribution < 1.29 is 19.2 Å². The van der Waals surface area contributed by atoms with Crippen LogP contribution in [0.1, 0.15) is 38.5 Å². The Morgan fingerprint density at radius 3 is 1.27 bits per heavy atom. The van der Waals surface area contributed by atoms with Crippen molar-refractivity contribution >= 4 is 23.6 Å². The average molecular weight is 366 g/mol. The lowest BCUT2D eigenvalue weighted by molar-refractivity contribution is -0.123. The molecule has 0 bridgehead atoms. The summed E-state index contributed by atoms with van der Waals surface area (Å²) < 4.78 is 0. The van der Waals surface area contributed by atoms with E-state index in [4.69, 9.17) is 0 Å². The van der Waals surface area contributed by atoms with Gasteiger partial charge >= 0.3 is 0 Å². The van der Waals surface area contributed by atoms with Crippen molar-refractivity contribution in [3.63, 3.8) is 0 Å². The quantitative estimate of drug-likeness (QED) is 0.244. The molecule has 4 N–H and O–H groups in total. The minimum absolute atomic E-state index is 0.0570. The van der Waals surface area contributed by atoms with E-state index in [9.17, 15) is 19.2 Å². The molecule has 0 rings (SSSR count). The molecule has 0 aromatic rings. The highest BCUT2D eigenvalue weighted by Crippen LogP contribution is 1.99. The van der Waals surface area contributed by atoms with Gasteiger partial charge in [-0.1, -0.05) is 13.2 Å². The fourth-order valence-electron chi connectivity index (χ4n) is 1.95. The van der Waals surface area contributed by atoms with Crippen LogP contribution in [0.3, 0.4) is 0 Å². The van der Waals surface area contributed by atoms with E-state index in [1.54, 1.807) is 0 Å². The lowest BCUT2D eigenvalue weighted by atomic mass is 10.2. The fraction of sp³-hybridized carbons (Fsp3) is 0.556. The first-order valence-corrected chi connectivity index (χ1v) is 8.83. The molecule has 8 nitrogen and oxygen atoms in total. The molecule has 0 aromatic heterocycles. The normalized spacial score (nSPS) is 9.69. The summed E-state index contributed by atoms with van der Waals surface area (Å²) in [5.41, 5.74) is 0. The van der Waals surface area contributed by atoms with Gasteiger partial charge in [0.25, 0.3) is 0 Å². The van der Waals surface area contributed by atoms with Gasteiger partial charge < -0.3 is 21.3 Å². The summed E-state index contributed by atoms with van der Waals surface area (Å²) in [5, 5.41) is 10.8. The predicted molar refractivity (Wildman–Crippen MR) is 100 cm³/mol. The highest BCUT2D eigenvalue weighted by atomic mass is 16.2. The van der Waals surface area contributed by atoms with Crippen molar-refractivity contribution in [2.24, 2.45) is 0 Å². The molecule has 8 heteroatoms. The van der Waals surface area contributed by atoms with Crippen molar-refractivity contribution in [3.8, 4) is 0 Å². The van der Waals surface area contributed by atoms with Crippen molar-refractivity contribution in [2.75, 3.05) is 26.2 Å². The van der Waals surface area contributed by atoms with Gasteiger partial charge in [0, 0.05) is 39.0 Å². The van der Waals surface area contributed by atoms with Gasteiger partial charge in [0.15, 0.2) is 0 Å². The van der Waals surface area contributed by atoms with E-state index in [0.29, 0.717) is 64.7 Å². The molecule has 0 aliphatic rings. The Labute approximate surface area is 154 Å². The van der Waals surface area contributed by atoms with Gasteiger partial charge in [-0.05, 0) is 37.8 Å². The van der Waals surface area contributed by atoms with Gasteiger partial charge in [-0.2, -0.15) is 0 Å². The van der Waals surface area contributed by atoms with Crippen LogP contribution in [0.15, 0.2) is 25.3 Å². The SMILES string of the molecule is C=CC(=O)NCCCNC(=O)CCCCC(=O)NCCCNC(=O)C=C. The van der Waals surface area contributed by atoms with Crippen molar-refractivity contribution in [1.82, 2.24) is 21.3 Å². The van der Waals surface area contributed by atoms with Crippen LogP contribution in [0.25, 0.3) is 0 Å². The van der Waals surface area contributed by atoms with Gasteiger partial charge in [-0.3, -0.25) is 19.2 Å². The predicted octanol–water partition coefficient (Wildman–Crippen LogP) is 0.164. The zero-order valence-corrected chi connectivity index (χ0v) is 15.3. The largest absolute Gasteiger partial charge is 0.356 e. The molecule has 0 unspecified atom stereocenters.